The van der Waals surface area contributed by atoms with Crippen molar-refractivity contribution in [2.45, 2.75) is 6.92 Å². The van der Waals surface area contributed by atoms with Crippen LogP contribution in [0.25, 0.3) is 43.6 Å². The molecule has 0 saturated heterocycles. The third-order valence-corrected chi connectivity index (χ3v) is 6.40. The maximum absolute atomic E-state index is 4.81. The molecule has 0 aliphatic rings. The first kappa shape index (κ1) is 19.5. The van der Waals surface area contributed by atoms with Gasteiger partial charge in [0.15, 0.2) is 16.4 Å². The molecule has 33 heavy (non-hydrogen) atoms. The topological polar surface area (TPSA) is 76.5 Å². The van der Waals surface area contributed by atoms with Gasteiger partial charge < -0.3 is 5.32 Å². The molecule has 0 bridgehead atoms. The number of nitrogens with one attached hydrogen (secondary N) is 1. The van der Waals surface area contributed by atoms with Crippen molar-refractivity contribution in [3.63, 3.8) is 0 Å². The first-order chi connectivity index (χ1) is 16.2. The van der Waals surface area contributed by atoms with Crippen LogP contribution in [0.15, 0.2) is 85.3 Å². The van der Waals surface area contributed by atoms with E-state index in [1.54, 1.807) is 23.7 Å². The third-order valence-electron chi connectivity index (χ3n) is 5.45. The summed E-state index contributed by atoms with van der Waals surface area (Å²) in [6, 6.07) is 22.4. The Kier molecular flexibility index (Phi) is 4.74. The number of aromatic nitrogens is 5. The van der Waals surface area contributed by atoms with Crippen LogP contribution in [0.4, 0.5) is 10.9 Å². The van der Waals surface area contributed by atoms with Crippen LogP contribution in [0.1, 0.15) is 5.69 Å². The maximum Gasteiger partial charge on any atom is 0.188 e. The molecular formula is C26H18N6S. The zero-order valence-corrected chi connectivity index (χ0v) is 18.5. The SMILES string of the molecule is Cc1nc2ncccc2cc1-c1cnc(Nc2nc3ncccc3cc2-c2ccccc2)s1. The lowest BCUT2D eigenvalue weighted by atomic mass is 10.1. The van der Waals surface area contributed by atoms with E-state index in [2.05, 4.69) is 49.5 Å². The number of nitrogens with zero attached hydrogens (tertiary/aromatic N) is 5. The molecule has 0 aliphatic carbocycles. The molecule has 158 valence electrons. The average molecular weight is 447 g/mol. The zero-order chi connectivity index (χ0) is 22.2. The van der Waals surface area contributed by atoms with E-state index in [-0.39, 0.29) is 0 Å². The highest BCUT2D eigenvalue weighted by atomic mass is 32.1. The summed E-state index contributed by atoms with van der Waals surface area (Å²) in [6.07, 6.45) is 5.40. The van der Waals surface area contributed by atoms with Crippen molar-refractivity contribution in [1.82, 2.24) is 24.9 Å². The number of fused-ring (bicyclic) bond motifs is 2. The minimum absolute atomic E-state index is 0.693. The molecule has 6 nitrogen and oxygen atoms in total. The summed E-state index contributed by atoms with van der Waals surface area (Å²) in [7, 11) is 0. The van der Waals surface area contributed by atoms with Gasteiger partial charge in [-0.1, -0.05) is 41.7 Å². The summed E-state index contributed by atoms with van der Waals surface area (Å²) in [5.41, 5.74) is 5.51. The third kappa shape index (κ3) is 3.68. The monoisotopic (exact) mass is 446 g/mol. The quantitative estimate of drug-likeness (QED) is 0.337. The summed E-state index contributed by atoms with van der Waals surface area (Å²) in [6.45, 7) is 2.00. The second kappa shape index (κ2) is 8.03. The molecule has 0 spiro atoms. The number of pyridine rings is 4. The van der Waals surface area contributed by atoms with Gasteiger partial charge in [0, 0.05) is 46.2 Å². The Hall–Kier alpha value is -4.23. The van der Waals surface area contributed by atoms with Crippen LogP contribution >= 0.6 is 11.3 Å². The molecule has 7 heteroatoms. The molecule has 5 aromatic heterocycles. The first-order valence-electron chi connectivity index (χ1n) is 10.5. The van der Waals surface area contributed by atoms with Crippen molar-refractivity contribution >= 4 is 44.4 Å². The number of rotatable bonds is 4. The fourth-order valence-corrected chi connectivity index (χ4v) is 4.72. The lowest BCUT2D eigenvalue weighted by Gasteiger charge is -2.11. The van der Waals surface area contributed by atoms with Crippen LogP contribution in [0.2, 0.25) is 0 Å². The van der Waals surface area contributed by atoms with E-state index >= 15 is 0 Å². The molecule has 0 fully saturated rings. The minimum Gasteiger partial charge on any atom is -0.316 e. The van der Waals surface area contributed by atoms with E-state index in [1.165, 1.54) is 0 Å². The van der Waals surface area contributed by atoms with E-state index < -0.39 is 0 Å². The Labute approximate surface area is 194 Å². The van der Waals surface area contributed by atoms with Gasteiger partial charge in [-0.2, -0.15) is 0 Å². The van der Waals surface area contributed by atoms with Crippen molar-refractivity contribution in [3.8, 4) is 21.6 Å². The van der Waals surface area contributed by atoms with Crippen molar-refractivity contribution < 1.29 is 0 Å². The Bertz CT molecular complexity index is 1610. The van der Waals surface area contributed by atoms with E-state index in [0.29, 0.717) is 5.65 Å². The number of hydrogen-bond donors (Lipinski definition) is 1. The summed E-state index contributed by atoms with van der Waals surface area (Å²) in [4.78, 5) is 23.9. The molecule has 1 aromatic carbocycles. The largest absolute Gasteiger partial charge is 0.316 e. The number of aryl methyl sites for hydroxylation is 1. The minimum atomic E-state index is 0.693. The van der Waals surface area contributed by atoms with E-state index in [1.807, 2.05) is 55.6 Å². The van der Waals surface area contributed by atoms with Gasteiger partial charge in [0.25, 0.3) is 0 Å². The van der Waals surface area contributed by atoms with Gasteiger partial charge in [0.1, 0.15) is 5.82 Å². The van der Waals surface area contributed by atoms with Crippen LogP contribution in [0.3, 0.4) is 0 Å². The summed E-state index contributed by atoms with van der Waals surface area (Å²) in [5.74, 6) is 0.728. The van der Waals surface area contributed by atoms with Crippen LogP contribution in [0.5, 0.6) is 0 Å². The standard InChI is InChI=1S/C26H18N6S/c1-16-20(13-18-9-5-11-27-23(18)30-16)22-15-29-26(33-22)32-25-21(17-7-3-2-4-8-17)14-19-10-6-12-28-24(19)31-25/h2-15H,1H3,(H,28,29,31,32). The molecule has 6 aromatic rings. The second-order valence-electron chi connectivity index (χ2n) is 7.63. The van der Waals surface area contributed by atoms with Crippen LogP contribution < -0.4 is 5.32 Å². The van der Waals surface area contributed by atoms with Gasteiger partial charge >= 0.3 is 0 Å². The maximum atomic E-state index is 4.81. The molecular weight excluding hydrogens is 428 g/mol. The van der Waals surface area contributed by atoms with Gasteiger partial charge in [0.2, 0.25) is 0 Å². The van der Waals surface area contributed by atoms with Crippen molar-refractivity contribution in [1.29, 1.82) is 0 Å². The number of thiazole rings is 1. The van der Waals surface area contributed by atoms with E-state index in [0.717, 1.165) is 54.6 Å². The molecule has 0 atom stereocenters. The molecule has 0 amide bonds. The van der Waals surface area contributed by atoms with Gasteiger partial charge in [0.05, 0.1) is 4.88 Å². The predicted molar refractivity (Wildman–Crippen MR) is 134 cm³/mol. The summed E-state index contributed by atoms with van der Waals surface area (Å²) < 4.78 is 0. The van der Waals surface area contributed by atoms with Crippen LogP contribution in [-0.2, 0) is 0 Å². The van der Waals surface area contributed by atoms with E-state index in [9.17, 15) is 0 Å². The molecule has 1 N–H and O–H groups in total. The molecule has 0 radical (unpaired) electrons. The summed E-state index contributed by atoms with van der Waals surface area (Å²) in [5, 5.41) is 6.20. The van der Waals surface area contributed by atoms with Gasteiger partial charge in [-0.05, 0) is 48.9 Å². The molecule has 0 saturated carbocycles. The van der Waals surface area contributed by atoms with Gasteiger partial charge in [-0.25, -0.2) is 24.9 Å². The molecule has 6 rings (SSSR count). The normalized spacial score (nSPS) is 11.2. The smallest absolute Gasteiger partial charge is 0.188 e. The van der Waals surface area contributed by atoms with Crippen molar-refractivity contribution in [3.05, 3.63) is 91.0 Å². The number of hydrogen-bond acceptors (Lipinski definition) is 7. The predicted octanol–water partition coefficient (Wildman–Crippen LogP) is 6.42. The second-order valence-corrected chi connectivity index (χ2v) is 8.66. The first-order valence-corrected chi connectivity index (χ1v) is 11.3. The van der Waals surface area contributed by atoms with Crippen LogP contribution in [-0.4, -0.2) is 24.9 Å². The average Bonchev–Trinajstić information content (AvgIpc) is 3.32. The van der Waals surface area contributed by atoms with Crippen LogP contribution in [0, 0.1) is 6.92 Å². The van der Waals surface area contributed by atoms with Crippen molar-refractivity contribution in [2.24, 2.45) is 0 Å². The highest BCUT2D eigenvalue weighted by Gasteiger charge is 2.14. The molecule has 0 aliphatic heterocycles. The number of benzene rings is 1. The Morgan fingerprint density at radius 3 is 2.18 bits per heavy atom. The van der Waals surface area contributed by atoms with Gasteiger partial charge in [-0.15, -0.1) is 0 Å². The zero-order valence-electron chi connectivity index (χ0n) is 17.7. The lowest BCUT2D eigenvalue weighted by molar-refractivity contribution is 1.21. The fourth-order valence-electron chi connectivity index (χ4n) is 3.84. The molecule has 0 unspecified atom stereocenters. The fraction of sp³-hybridized carbons (Fsp3) is 0.0385. The van der Waals surface area contributed by atoms with Crippen molar-refractivity contribution in [2.75, 3.05) is 5.32 Å². The van der Waals surface area contributed by atoms with E-state index in [4.69, 9.17) is 4.98 Å². The lowest BCUT2D eigenvalue weighted by Crippen LogP contribution is -1.98. The highest BCUT2D eigenvalue weighted by Crippen LogP contribution is 2.36. The molecule has 5 heterocycles. The summed E-state index contributed by atoms with van der Waals surface area (Å²) >= 11 is 1.57. The highest BCUT2D eigenvalue weighted by molar-refractivity contribution is 7.19. The van der Waals surface area contributed by atoms with Gasteiger partial charge in [-0.3, -0.25) is 0 Å². The Morgan fingerprint density at radius 1 is 0.727 bits per heavy atom. The Balaban J connectivity index is 1.41. The number of anilines is 2. The Morgan fingerprint density at radius 2 is 1.42 bits per heavy atom.